The van der Waals surface area contributed by atoms with E-state index in [1.165, 1.54) is 5.56 Å². The van der Waals surface area contributed by atoms with Crippen LogP contribution in [0.3, 0.4) is 0 Å². The van der Waals surface area contributed by atoms with Crippen LogP contribution in [0.15, 0.2) is 18.2 Å². The first-order valence-electron chi connectivity index (χ1n) is 9.11. The standard InChI is InChI=1S/C21H24N4O2/c1-10-9-15-17(20(23)26)19(22)25(21(15)24-12(10)3)18-11(2)16(27-4)8-7-14(18)13-5-6-13/h7-9,13H,5-6,22H2,1-4H3,(H2,23,26). The first kappa shape index (κ1) is 17.4. The summed E-state index contributed by atoms with van der Waals surface area (Å²) < 4.78 is 7.43. The van der Waals surface area contributed by atoms with E-state index in [4.69, 9.17) is 21.2 Å². The van der Waals surface area contributed by atoms with E-state index in [0.29, 0.717) is 28.3 Å². The van der Waals surface area contributed by atoms with Crippen molar-refractivity contribution in [2.75, 3.05) is 12.8 Å². The van der Waals surface area contributed by atoms with E-state index in [-0.39, 0.29) is 0 Å². The number of hydrogen-bond donors (Lipinski definition) is 2. The van der Waals surface area contributed by atoms with E-state index in [1.54, 1.807) is 7.11 Å². The fraction of sp³-hybridized carbons (Fsp3) is 0.333. The summed E-state index contributed by atoms with van der Waals surface area (Å²) in [6.07, 6.45) is 2.29. The highest BCUT2D eigenvalue weighted by molar-refractivity contribution is 6.11. The summed E-state index contributed by atoms with van der Waals surface area (Å²) >= 11 is 0. The number of ether oxygens (including phenoxy) is 1. The molecule has 1 saturated carbocycles. The van der Waals surface area contributed by atoms with Gasteiger partial charge in [-0.3, -0.25) is 9.36 Å². The number of rotatable bonds is 4. The van der Waals surface area contributed by atoms with Gasteiger partial charge in [-0.1, -0.05) is 6.07 Å². The molecule has 0 aliphatic heterocycles. The normalized spacial score (nSPS) is 13.9. The van der Waals surface area contributed by atoms with Gasteiger partial charge in [-0.05, 0) is 62.8 Å². The van der Waals surface area contributed by atoms with Crippen molar-refractivity contribution in [3.8, 4) is 11.4 Å². The number of carbonyl (C=O) groups is 1. The number of nitrogens with zero attached hydrogens (tertiary/aromatic N) is 2. The summed E-state index contributed by atoms with van der Waals surface area (Å²) in [5.74, 6) is 1.05. The maximum atomic E-state index is 12.2. The van der Waals surface area contributed by atoms with Gasteiger partial charge in [0.15, 0.2) is 0 Å². The van der Waals surface area contributed by atoms with Crippen LogP contribution in [0.2, 0.25) is 0 Å². The van der Waals surface area contributed by atoms with E-state index in [9.17, 15) is 4.79 Å². The lowest BCUT2D eigenvalue weighted by Gasteiger charge is -2.18. The zero-order valence-electron chi connectivity index (χ0n) is 16.1. The molecule has 2 aromatic heterocycles. The maximum absolute atomic E-state index is 12.2. The number of aryl methyl sites for hydroxylation is 2. The third kappa shape index (κ3) is 2.55. The van der Waals surface area contributed by atoms with Crippen LogP contribution in [0.4, 0.5) is 5.82 Å². The molecule has 6 nitrogen and oxygen atoms in total. The van der Waals surface area contributed by atoms with E-state index in [1.807, 2.05) is 37.5 Å². The van der Waals surface area contributed by atoms with Gasteiger partial charge in [0.25, 0.3) is 5.91 Å². The first-order valence-corrected chi connectivity index (χ1v) is 9.11. The number of primary amides is 1. The molecule has 27 heavy (non-hydrogen) atoms. The molecule has 0 saturated heterocycles. The average Bonchev–Trinajstić information content (AvgIpc) is 3.41. The molecule has 1 fully saturated rings. The van der Waals surface area contributed by atoms with Gasteiger partial charge in [-0.25, -0.2) is 4.98 Å². The third-order valence-corrected chi connectivity index (χ3v) is 5.54. The van der Waals surface area contributed by atoms with Crippen LogP contribution in [0.1, 0.15) is 51.5 Å². The Morgan fingerprint density at radius 2 is 1.96 bits per heavy atom. The van der Waals surface area contributed by atoms with Crippen molar-refractivity contribution in [2.45, 2.75) is 39.5 Å². The van der Waals surface area contributed by atoms with Crippen molar-refractivity contribution in [2.24, 2.45) is 5.73 Å². The molecule has 1 amide bonds. The van der Waals surface area contributed by atoms with Gasteiger partial charge in [0.2, 0.25) is 0 Å². The number of benzene rings is 1. The molecule has 0 bridgehead atoms. The number of amides is 1. The number of anilines is 1. The Morgan fingerprint density at radius 3 is 2.56 bits per heavy atom. The second-order valence-corrected chi connectivity index (χ2v) is 7.33. The van der Waals surface area contributed by atoms with Crippen molar-refractivity contribution < 1.29 is 9.53 Å². The van der Waals surface area contributed by atoms with E-state index < -0.39 is 5.91 Å². The van der Waals surface area contributed by atoms with Gasteiger partial charge in [0, 0.05) is 16.6 Å². The summed E-state index contributed by atoms with van der Waals surface area (Å²) in [5, 5.41) is 0.687. The molecule has 4 rings (SSSR count). The number of nitrogen functional groups attached to an aromatic ring is 1. The minimum atomic E-state index is -0.546. The molecule has 3 aromatic rings. The topological polar surface area (TPSA) is 96.2 Å². The monoisotopic (exact) mass is 364 g/mol. The van der Waals surface area contributed by atoms with Gasteiger partial charge >= 0.3 is 0 Å². The minimum absolute atomic E-state index is 0.324. The molecule has 6 heteroatoms. The second-order valence-electron chi connectivity index (χ2n) is 7.33. The Labute approximate surface area is 158 Å². The van der Waals surface area contributed by atoms with Crippen LogP contribution in [-0.4, -0.2) is 22.6 Å². The van der Waals surface area contributed by atoms with E-state index in [0.717, 1.165) is 41.1 Å². The van der Waals surface area contributed by atoms with Crippen LogP contribution < -0.4 is 16.2 Å². The maximum Gasteiger partial charge on any atom is 0.253 e. The van der Waals surface area contributed by atoms with Gasteiger partial charge in [0.05, 0.1) is 18.4 Å². The largest absolute Gasteiger partial charge is 0.496 e. The zero-order valence-corrected chi connectivity index (χ0v) is 16.1. The molecule has 140 valence electrons. The van der Waals surface area contributed by atoms with Crippen LogP contribution >= 0.6 is 0 Å². The van der Waals surface area contributed by atoms with Gasteiger partial charge in [-0.15, -0.1) is 0 Å². The molecular weight excluding hydrogens is 340 g/mol. The molecular formula is C21H24N4O2. The highest BCUT2D eigenvalue weighted by Gasteiger charge is 2.31. The first-order chi connectivity index (χ1) is 12.8. The lowest BCUT2D eigenvalue weighted by Crippen LogP contribution is -2.14. The number of nitrogens with two attached hydrogens (primary N) is 2. The highest BCUT2D eigenvalue weighted by atomic mass is 16.5. The van der Waals surface area contributed by atoms with Crippen molar-refractivity contribution in [1.29, 1.82) is 0 Å². The number of fused-ring (bicyclic) bond motifs is 1. The Morgan fingerprint density at radius 1 is 1.26 bits per heavy atom. The quantitative estimate of drug-likeness (QED) is 0.740. The molecule has 1 aliphatic rings. The van der Waals surface area contributed by atoms with Crippen molar-refractivity contribution >= 4 is 22.8 Å². The lowest BCUT2D eigenvalue weighted by molar-refractivity contribution is 0.100. The third-order valence-electron chi connectivity index (χ3n) is 5.54. The lowest BCUT2D eigenvalue weighted by atomic mass is 10.0. The van der Waals surface area contributed by atoms with E-state index in [2.05, 4.69) is 6.07 Å². The average molecular weight is 364 g/mol. The summed E-state index contributed by atoms with van der Waals surface area (Å²) in [7, 11) is 1.65. The van der Waals surface area contributed by atoms with Crippen LogP contribution in [0.5, 0.6) is 5.75 Å². The molecule has 0 radical (unpaired) electrons. The summed E-state index contributed by atoms with van der Waals surface area (Å²) in [6, 6.07) is 6.03. The molecule has 0 spiro atoms. The summed E-state index contributed by atoms with van der Waals surface area (Å²) in [5.41, 5.74) is 18.1. The molecule has 1 aromatic carbocycles. The van der Waals surface area contributed by atoms with Crippen molar-refractivity contribution in [3.63, 3.8) is 0 Å². The van der Waals surface area contributed by atoms with Gasteiger partial charge in [0.1, 0.15) is 17.2 Å². The molecule has 1 aliphatic carbocycles. The number of carbonyl (C=O) groups excluding carboxylic acids is 1. The fourth-order valence-electron chi connectivity index (χ4n) is 3.84. The predicted molar refractivity (Wildman–Crippen MR) is 107 cm³/mol. The number of pyridine rings is 1. The summed E-state index contributed by atoms with van der Waals surface area (Å²) in [6.45, 7) is 5.93. The number of methoxy groups -OCH3 is 1. The highest BCUT2D eigenvalue weighted by Crippen LogP contribution is 2.46. The molecule has 0 unspecified atom stereocenters. The van der Waals surface area contributed by atoms with Crippen LogP contribution in [0, 0.1) is 20.8 Å². The van der Waals surface area contributed by atoms with Gasteiger partial charge in [-0.2, -0.15) is 0 Å². The van der Waals surface area contributed by atoms with Gasteiger partial charge < -0.3 is 16.2 Å². The number of hydrogen-bond acceptors (Lipinski definition) is 4. The second kappa shape index (κ2) is 6.01. The SMILES string of the molecule is COc1ccc(C2CC2)c(-n2c(N)c(C(N)=O)c3cc(C)c(C)nc32)c1C. The Kier molecular flexibility index (Phi) is 3.87. The Bertz CT molecular complexity index is 1090. The minimum Gasteiger partial charge on any atom is -0.496 e. The predicted octanol–water partition coefficient (Wildman–Crippen LogP) is 3.52. The van der Waals surface area contributed by atoms with Crippen molar-refractivity contribution in [1.82, 2.24) is 9.55 Å². The van der Waals surface area contributed by atoms with Crippen LogP contribution in [0.25, 0.3) is 16.7 Å². The zero-order chi connectivity index (χ0) is 19.5. The molecule has 4 N–H and O–H groups in total. The number of aromatic nitrogens is 2. The Hall–Kier alpha value is -3.02. The van der Waals surface area contributed by atoms with Crippen LogP contribution in [-0.2, 0) is 0 Å². The van der Waals surface area contributed by atoms with Crippen molar-refractivity contribution in [3.05, 3.63) is 46.1 Å². The van der Waals surface area contributed by atoms with E-state index >= 15 is 0 Å². The summed E-state index contributed by atoms with van der Waals surface area (Å²) in [4.78, 5) is 17.0. The smallest absolute Gasteiger partial charge is 0.253 e. The fourth-order valence-corrected chi connectivity index (χ4v) is 3.84. The Balaban J connectivity index is 2.16. The molecule has 0 atom stereocenters. The molecule has 2 heterocycles.